The van der Waals surface area contributed by atoms with Gasteiger partial charge in [-0.1, -0.05) is 42.5 Å². The molecule has 0 aliphatic heterocycles. The van der Waals surface area contributed by atoms with Crippen molar-refractivity contribution in [3.63, 3.8) is 0 Å². The van der Waals surface area contributed by atoms with Crippen LogP contribution >= 0.6 is 11.6 Å². The van der Waals surface area contributed by atoms with Crippen LogP contribution in [0.15, 0.2) is 42.5 Å². The van der Waals surface area contributed by atoms with Gasteiger partial charge in [-0.2, -0.15) is 0 Å². The predicted molar refractivity (Wildman–Crippen MR) is 67.8 cm³/mol. The van der Waals surface area contributed by atoms with Crippen LogP contribution in [-0.2, 0) is 10.2 Å². The van der Waals surface area contributed by atoms with Crippen LogP contribution in [0, 0.1) is 0 Å². The van der Waals surface area contributed by atoms with Gasteiger partial charge in [0.1, 0.15) is 0 Å². The summed E-state index contributed by atoms with van der Waals surface area (Å²) in [6.45, 7) is 3.68. The Bertz CT molecular complexity index is 543. The Balaban J connectivity index is 2.59. The van der Waals surface area contributed by atoms with E-state index in [4.69, 9.17) is 11.6 Å². The van der Waals surface area contributed by atoms with E-state index in [0.717, 1.165) is 10.9 Å². The first-order chi connectivity index (χ1) is 7.51. The van der Waals surface area contributed by atoms with Gasteiger partial charge in [-0.25, -0.2) is 0 Å². The Morgan fingerprint density at radius 3 is 2.31 bits per heavy atom. The first-order valence-electron chi connectivity index (χ1n) is 5.21. The molecule has 2 aromatic carbocycles. The first kappa shape index (κ1) is 11.2. The molecule has 0 saturated heterocycles. The topological polar surface area (TPSA) is 17.1 Å². The van der Waals surface area contributed by atoms with E-state index in [0.29, 0.717) is 0 Å². The fourth-order valence-electron chi connectivity index (χ4n) is 1.69. The summed E-state index contributed by atoms with van der Waals surface area (Å²) in [6.07, 6.45) is 0. The lowest BCUT2D eigenvalue weighted by Gasteiger charge is -2.20. The van der Waals surface area contributed by atoms with E-state index < -0.39 is 5.41 Å². The van der Waals surface area contributed by atoms with Crippen molar-refractivity contribution in [2.75, 3.05) is 0 Å². The maximum absolute atomic E-state index is 11.4. The number of fused-ring (bicyclic) bond motifs is 1. The number of hydrogen-bond donors (Lipinski definition) is 0. The van der Waals surface area contributed by atoms with Crippen LogP contribution in [0.5, 0.6) is 0 Å². The molecule has 0 radical (unpaired) electrons. The molecule has 2 heteroatoms. The average molecular weight is 233 g/mol. The van der Waals surface area contributed by atoms with E-state index >= 15 is 0 Å². The van der Waals surface area contributed by atoms with Gasteiger partial charge in [0.05, 0.1) is 5.41 Å². The average Bonchev–Trinajstić information content (AvgIpc) is 2.28. The third-order valence-electron chi connectivity index (χ3n) is 2.96. The maximum Gasteiger partial charge on any atom is 0.231 e. The standard InChI is InChI=1S/C14H13ClO/c1-14(2,13(15)16)12-8-7-10-5-3-4-6-11(10)9-12/h3-9H,1-2H3. The highest BCUT2D eigenvalue weighted by molar-refractivity contribution is 6.65. The third-order valence-corrected chi connectivity index (χ3v) is 3.43. The fraction of sp³-hybridized carbons (Fsp3) is 0.214. The number of halogens is 1. The Morgan fingerprint density at radius 1 is 1.06 bits per heavy atom. The lowest BCUT2D eigenvalue weighted by atomic mass is 9.85. The van der Waals surface area contributed by atoms with Crippen LogP contribution in [0.1, 0.15) is 19.4 Å². The van der Waals surface area contributed by atoms with Crippen molar-refractivity contribution in [1.82, 2.24) is 0 Å². The molecule has 16 heavy (non-hydrogen) atoms. The molecule has 2 rings (SSSR count). The molecule has 1 nitrogen and oxygen atoms in total. The van der Waals surface area contributed by atoms with E-state index in [1.807, 2.05) is 50.2 Å². The van der Waals surface area contributed by atoms with Crippen LogP contribution in [0.3, 0.4) is 0 Å². The summed E-state index contributed by atoms with van der Waals surface area (Å²) < 4.78 is 0. The molecule has 82 valence electrons. The smallest absolute Gasteiger partial charge is 0.231 e. The molecule has 0 aliphatic rings. The van der Waals surface area contributed by atoms with Crippen molar-refractivity contribution < 1.29 is 4.79 Å². The summed E-state index contributed by atoms with van der Waals surface area (Å²) in [6, 6.07) is 14.1. The van der Waals surface area contributed by atoms with Gasteiger partial charge in [0.2, 0.25) is 5.24 Å². The van der Waals surface area contributed by atoms with Crippen LogP contribution in [0.25, 0.3) is 10.8 Å². The van der Waals surface area contributed by atoms with Crippen molar-refractivity contribution in [3.05, 3.63) is 48.0 Å². The lowest BCUT2D eigenvalue weighted by Crippen LogP contribution is -2.24. The molecule has 0 spiro atoms. The predicted octanol–water partition coefficient (Wildman–Crippen LogP) is 3.88. The van der Waals surface area contributed by atoms with Crippen LogP contribution in [0.4, 0.5) is 0 Å². The highest BCUT2D eigenvalue weighted by Crippen LogP contribution is 2.28. The lowest BCUT2D eigenvalue weighted by molar-refractivity contribution is -0.115. The number of carbonyl (C=O) groups excluding carboxylic acids is 1. The molecule has 0 saturated carbocycles. The maximum atomic E-state index is 11.4. The molecular weight excluding hydrogens is 220 g/mol. The summed E-state index contributed by atoms with van der Waals surface area (Å²) in [4.78, 5) is 11.4. The van der Waals surface area contributed by atoms with E-state index in [1.165, 1.54) is 5.39 Å². The molecule has 0 amide bonds. The molecule has 0 aliphatic carbocycles. The minimum atomic E-state index is -0.633. The van der Waals surface area contributed by atoms with Gasteiger partial charge >= 0.3 is 0 Å². The molecule has 0 fully saturated rings. The monoisotopic (exact) mass is 232 g/mol. The summed E-state index contributed by atoms with van der Waals surface area (Å²) in [5.41, 5.74) is 0.317. The second-order valence-electron chi connectivity index (χ2n) is 4.46. The van der Waals surface area contributed by atoms with Crippen molar-refractivity contribution in [3.8, 4) is 0 Å². The zero-order valence-electron chi connectivity index (χ0n) is 9.33. The Hall–Kier alpha value is -1.34. The van der Waals surface area contributed by atoms with Crippen LogP contribution in [-0.4, -0.2) is 5.24 Å². The Morgan fingerprint density at radius 2 is 1.69 bits per heavy atom. The summed E-state index contributed by atoms with van der Waals surface area (Å²) in [7, 11) is 0. The summed E-state index contributed by atoms with van der Waals surface area (Å²) in [5.74, 6) is 0. The molecule has 0 N–H and O–H groups in total. The second-order valence-corrected chi connectivity index (χ2v) is 4.80. The van der Waals surface area contributed by atoms with Crippen molar-refractivity contribution >= 4 is 27.6 Å². The van der Waals surface area contributed by atoms with E-state index in [1.54, 1.807) is 0 Å². The minimum Gasteiger partial charge on any atom is -0.280 e. The van der Waals surface area contributed by atoms with Gasteiger partial charge in [0.25, 0.3) is 0 Å². The normalized spacial score (nSPS) is 11.7. The van der Waals surface area contributed by atoms with Gasteiger partial charge in [-0.15, -0.1) is 0 Å². The van der Waals surface area contributed by atoms with Crippen molar-refractivity contribution in [2.24, 2.45) is 0 Å². The SMILES string of the molecule is CC(C)(C(=O)Cl)c1ccc2ccccc2c1. The van der Waals surface area contributed by atoms with Crippen molar-refractivity contribution in [1.29, 1.82) is 0 Å². The molecule has 2 aromatic rings. The van der Waals surface area contributed by atoms with Crippen LogP contribution in [0.2, 0.25) is 0 Å². The van der Waals surface area contributed by atoms with Gasteiger partial charge in [0.15, 0.2) is 0 Å². The van der Waals surface area contributed by atoms with Crippen molar-refractivity contribution in [2.45, 2.75) is 19.3 Å². The molecule has 0 bridgehead atoms. The molecule has 0 heterocycles. The Kier molecular flexibility index (Phi) is 2.73. The molecule has 0 aromatic heterocycles. The molecule has 0 unspecified atom stereocenters. The molecule has 0 atom stereocenters. The first-order valence-corrected chi connectivity index (χ1v) is 5.59. The van der Waals surface area contributed by atoms with E-state index in [-0.39, 0.29) is 5.24 Å². The quantitative estimate of drug-likeness (QED) is 0.718. The number of carbonyl (C=O) groups is 1. The Labute approximate surface area is 100 Å². The third kappa shape index (κ3) is 1.83. The van der Waals surface area contributed by atoms with E-state index in [2.05, 4.69) is 6.07 Å². The fourth-order valence-corrected chi connectivity index (χ4v) is 1.80. The van der Waals surface area contributed by atoms with Gasteiger partial charge in [0, 0.05) is 0 Å². The zero-order valence-corrected chi connectivity index (χ0v) is 10.1. The number of benzene rings is 2. The van der Waals surface area contributed by atoms with Gasteiger partial charge in [-0.05, 0) is 41.8 Å². The van der Waals surface area contributed by atoms with Gasteiger partial charge < -0.3 is 0 Å². The minimum absolute atomic E-state index is 0.331. The summed E-state index contributed by atoms with van der Waals surface area (Å²) in [5, 5.41) is 1.97. The highest BCUT2D eigenvalue weighted by Gasteiger charge is 2.27. The largest absolute Gasteiger partial charge is 0.280 e. The number of hydrogen-bond acceptors (Lipinski definition) is 1. The molecular formula is C14H13ClO. The van der Waals surface area contributed by atoms with Gasteiger partial charge in [-0.3, -0.25) is 4.79 Å². The highest BCUT2D eigenvalue weighted by atomic mass is 35.5. The van der Waals surface area contributed by atoms with Crippen LogP contribution < -0.4 is 0 Å². The number of rotatable bonds is 2. The van der Waals surface area contributed by atoms with E-state index in [9.17, 15) is 4.79 Å². The zero-order chi connectivity index (χ0) is 11.8. The summed E-state index contributed by atoms with van der Waals surface area (Å²) >= 11 is 5.62. The second kappa shape index (κ2) is 3.91.